The van der Waals surface area contributed by atoms with Crippen LogP contribution in [-0.2, 0) is 6.54 Å². The maximum Gasteiger partial charge on any atom is 0.317 e. The molecule has 2 aromatic heterocycles. The zero-order chi connectivity index (χ0) is 14.7. The van der Waals surface area contributed by atoms with Gasteiger partial charge in [-0.15, -0.1) is 11.3 Å². The summed E-state index contributed by atoms with van der Waals surface area (Å²) in [6, 6.07) is 3.90. The Balaban J connectivity index is 1.96. The summed E-state index contributed by atoms with van der Waals surface area (Å²) in [7, 11) is 1.77. The SMILES string of the molecule is Cc1noc(C)c1CN(C)C(=O)N[C@H](C)c1cccs1. The van der Waals surface area contributed by atoms with E-state index in [0.29, 0.717) is 6.54 Å². The predicted octanol–water partition coefficient (Wildman–Crippen LogP) is 3.26. The van der Waals surface area contributed by atoms with E-state index in [1.165, 1.54) is 0 Å². The van der Waals surface area contributed by atoms with Crippen molar-refractivity contribution < 1.29 is 9.32 Å². The third-order valence-electron chi connectivity index (χ3n) is 3.23. The van der Waals surface area contributed by atoms with Gasteiger partial charge in [-0.3, -0.25) is 0 Å². The molecule has 0 saturated carbocycles. The molecule has 5 nitrogen and oxygen atoms in total. The number of hydrogen-bond donors (Lipinski definition) is 1. The van der Waals surface area contributed by atoms with Crippen LogP contribution in [0.2, 0.25) is 0 Å². The van der Waals surface area contributed by atoms with E-state index in [1.54, 1.807) is 23.3 Å². The van der Waals surface area contributed by atoms with E-state index in [-0.39, 0.29) is 12.1 Å². The van der Waals surface area contributed by atoms with Crippen LogP contribution >= 0.6 is 11.3 Å². The number of amides is 2. The van der Waals surface area contributed by atoms with E-state index in [2.05, 4.69) is 10.5 Å². The van der Waals surface area contributed by atoms with E-state index < -0.39 is 0 Å². The first-order valence-corrected chi connectivity index (χ1v) is 7.33. The molecule has 0 spiro atoms. The molecule has 0 bridgehead atoms. The maximum atomic E-state index is 12.2. The Hall–Kier alpha value is -1.82. The number of nitrogens with one attached hydrogen (secondary N) is 1. The number of hydrogen-bond acceptors (Lipinski definition) is 4. The van der Waals surface area contributed by atoms with Gasteiger partial charge in [-0.1, -0.05) is 11.2 Å². The summed E-state index contributed by atoms with van der Waals surface area (Å²) in [5.74, 6) is 0.758. The summed E-state index contributed by atoms with van der Waals surface area (Å²) in [5.41, 5.74) is 1.79. The van der Waals surface area contributed by atoms with Crippen molar-refractivity contribution in [1.29, 1.82) is 0 Å². The van der Waals surface area contributed by atoms with Crippen molar-refractivity contribution in [3.05, 3.63) is 39.4 Å². The highest BCUT2D eigenvalue weighted by Crippen LogP contribution is 2.19. The summed E-state index contributed by atoms with van der Waals surface area (Å²) in [6.45, 7) is 6.21. The Labute approximate surface area is 122 Å². The highest BCUT2D eigenvalue weighted by molar-refractivity contribution is 7.10. The minimum absolute atomic E-state index is 0.00891. The van der Waals surface area contributed by atoms with Crippen molar-refractivity contribution in [2.75, 3.05) is 7.05 Å². The summed E-state index contributed by atoms with van der Waals surface area (Å²) in [6.07, 6.45) is 0. The maximum absolute atomic E-state index is 12.2. The molecule has 2 rings (SSSR count). The number of nitrogens with zero attached hydrogens (tertiary/aromatic N) is 2. The number of thiophene rings is 1. The lowest BCUT2D eigenvalue weighted by molar-refractivity contribution is 0.203. The van der Waals surface area contributed by atoms with Gasteiger partial charge in [-0.05, 0) is 32.2 Å². The number of carbonyl (C=O) groups excluding carboxylic acids is 1. The van der Waals surface area contributed by atoms with Crippen LogP contribution in [0.5, 0.6) is 0 Å². The van der Waals surface area contributed by atoms with Gasteiger partial charge in [-0.25, -0.2) is 4.79 Å². The minimum Gasteiger partial charge on any atom is -0.361 e. The first-order chi connectivity index (χ1) is 9.49. The number of aryl methyl sites for hydroxylation is 2. The lowest BCUT2D eigenvalue weighted by Gasteiger charge is -2.20. The van der Waals surface area contributed by atoms with Crippen LogP contribution in [0.4, 0.5) is 4.79 Å². The van der Waals surface area contributed by atoms with Gasteiger partial charge in [-0.2, -0.15) is 0 Å². The average molecular weight is 293 g/mol. The molecule has 0 radical (unpaired) electrons. The topological polar surface area (TPSA) is 58.4 Å². The third-order valence-corrected chi connectivity index (χ3v) is 4.29. The standard InChI is InChI=1S/C14H19N3O2S/c1-9-12(11(3)19-16-9)8-17(4)14(18)15-10(2)13-6-5-7-20-13/h5-7,10H,8H2,1-4H3,(H,15,18)/t10-/m1/s1. The fourth-order valence-corrected chi connectivity index (χ4v) is 2.68. The first-order valence-electron chi connectivity index (χ1n) is 6.45. The largest absolute Gasteiger partial charge is 0.361 e. The van der Waals surface area contributed by atoms with E-state index in [0.717, 1.165) is 21.9 Å². The molecule has 0 aromatic carbocycles. The number of carbonyl (C=O) groups is 1. The molecule has 2 heterocycles. The van der Waals surface area contributed by atoms with Crippen molar-refractivity contribution in [2.24, 2.45) is 0 Å². The summed E-state index contributed by atoms with van der Waals surface area (Å²) in [5, 5.41) is 8.88. The van der Waals surface area contributed by atoms with Gasteiger partial charge in [0.25, 0.3) is 0 Å². The lowest BCUT2D eigenvalue weighted by atomic mass is 10.2. The molecular formula is C14H19N3O2S. The monoisotopic (exact) mass is 293 g/mol. The second-order valence-corrected chi connectivity index (χ2v) is 5.82. The Morgan fingerprint density at radius 2 is 2.30 bits per heavy atom. The highest BCUT2D eigenvalue weighted by Gasteiger charge is 2.17. The zero-order valence-electron chi connectivity index (χ0n) is 12.1. The van der Waals surface area contributed by atoms with Gasteiger partial charge in [0, 0.05) is 17.5 Å². The van der Waals surface area contributed by atoms with Crippen LogP contribution in [0.3, 0.4) is 0 Å². The van der Waals surface area contributed by atoms with Gasteiger partial charge >= 0.3 is 6.03 Å². The molecule has 0 aliphatic carbocycles. The molecule has 2 amide bonds. The molecule has 0 fully saturated rings. The van der Waals surface area contributed by atoms with Gasteiger partial charge in [0.2, 0.25) is 0 Å². The Bertz CT molecular complexity index is 558. The molecular weight excluding hydrogens is 274 g/mol. The number of rotatable bonds is 4. The predicted molar refractivity (Wildman–Crippen MR) is 78.7 cm³/mol. The minimum atomic E-state index is -0.106. The summed E-state index contributed by atoms with van der Waals surface area (Å²) < 4.78 is 5.11. The molecule has 0 saturated heterocycles. The average Bonchev–Trinajstić information content (AvgIpc) is 3.03. The van der Waals surface area contributed by atoms with Crippen molar-refractivity contribution in [3.8, 4) is 0 Å². The molecule has 108 valence electrons. The number of aromatic nitrogens is 1. The Morgan fingerprint density at radius 1 is 1.55 bits per heavy atom. The molecule has 0 unspecified atom stereocenters. The van der Waals surface area contributed by atoms with Crippen LogP contribution in [0.25, 0.3) is 0 Å². The van der Waals surface area contributed by atoms with Crippen molar-refractivity contribution >= 4 is 17.4 Å². The van der Waals surface area contributed by atoms with Gasteiger partial charge in [0.1, 0.15) is 5.76 Å². The van der Waals surface area contributed by atoms with E-state index >= 15 is 0 Å². The summed E-state index contributed by atoms with van der Waals surface area (Å²) in [4.78, 5) is 14.9. The van der Waals surface area contributed by atoms with Gasteiger partial charge in [0.05, 0.1) is 18.3 Å². The van der Waals surface area contributed by atoms with Crippen LogP contribution in [0.15, 0.2) is 22.0 Å². The Kier molecular flexibility index (Phi) is 4.44. The lowest BCUT2D eigenvalue weighted by Crippen LogP contribution is -2.38. The quantitative estimate of drug-likeness (QED) is 0.941. The molecule has 0 aliphatic rings. The smallest absolute Gasteiger partial charge is 0.317 e. The molecule has 0 aliphatic heterocycles. The van der Waals surface area contributed by atoms with E-state index in [4.69, 9.17) is 4.52 Å². The highest BCUT2D eigenvalue weighted by atomic mass is 32.1. The van der Waals surface area contributed by atoms with Gasteiger partial charge in [0.15, 0.2) is 0 Å². The van der Waals surface area contributed by atoms with Crippen LogP contribution in [-0.4, -0.2) is 23.1 Å². The summed E-state index contributed by atoms with van der Waals surface area (Å²) >= 11 is 1.64. The van der Waals surface area contributed by atoms with E-state index in [1.807, 2.05) is 38.3 Å². The van der Waals surface area contributed by atoms with Crippen LogP contribution < -0.4 is 5.32 Å². The fourth-order valence-electron chi connectivity index (χ4n) is 1.94. The second-order valence-electron chi connectivity index (χ2n) is 4.85. The molecule has 2 aromatic rings. The fraction of sp³-hybridized carbons (Fsp3) is 0.429. The second kappa shape index (κ2) is 6.09. The molecule has 1 atom stereocenters. The number of urea groups is 1. The van der Waals surface area contributed by atoms with Crippen molar-refractivity contribution in [3.63, 3.8) is 0 Å². The molecule has 20 heavy (non-hydrogen) atoms. The van der Waals surface area contributed by atoms with Crippen molar-refractivity contribution in [2.45, 2.75) is 33.4 Å². The molecule has 1 N–H and O–H groups in total. The van der Waals surface area contributed by atoms with Crippen molar-refractivity contribution in [1.82, 2.24) is 15.4 Å². The van der Waals surface area contributed by atoms with Crippen LogP contribution in [0, 0.1) is 13.8 Å². The molecule has 6 heteroatoms. The first kappa shape index (κ1) is 14.6. The third kappa shape index (κ3) is 3.19. The van der Waals surface area contributed by atoms with E-state index in [9.17, 15) is 4.79 Å². The Morgan fingerprint density at radius 3 is 2.85 bits per heavy atom. The zero-order valence-corrected chi connectivity index (χ0v) is 13.0. The van der Waals surface area contributed by atoms with Gasteiger partial charge < -0.3 is 14.7 Å². The normalized spacial score (nSPS) is 12.2. The van der Waals surface area contributed by atoms with Crippen LogP contribution in [0.1, 0.15) is 34.9 Å².